The second-order valence-electron chi connectivity index (χ2n) is 6.04. The summed E-state index contributed by atoms with van der Waals surface area (Å²) in [7, 11) is 0. The quantitative estimate of drug-likeness (QED) is 0.927. The van der Waals surface area contributed by atoms with Gasteiger partial charge in [0.15, 0.2) is 11.5 Å². The molecule has 1 saturated heterocycles. The van der Waals surface area contributed by atoms with Crippen molar-refractivity contribution in [1.29, 1.82) is 0 Å². The Bertz CT molecular complexity index is 536. The van der Waals surface area contributed by atoms with Crippen LogP contribution in [0.1, 0.15) is 30.5 Å². The Hall–Kier alpha value is -1.42. The van der Waals surface area contributed by atoms with Crippen LogP contribution in [-0.2, 0) is 6.42 Å². The van der Waals surface area contributed by atoms with Crippen LogP contribution in [0.25, 0.3) is 0 Å². The molecule has 0 aromatic heterocycles. The minimum absolute atomic E-state index is 0.246. The van der Waals surface area contributed by atoms with E-state index in [0.717, 1.165) is 44.1 Å². The molecule has 116 valence electrons. The molecule has 2 heterocycles. The first-order valence-electron chi connectivity index (χ1n) is 8.04. The zero-order chi connectivity index (χ0) is 15.0. The number of nitrogens with zero attached hydrogens (tertiary/aromatic N) is 1. The molecular weight excluding hydrogens is 264 g/mol. The number of benzene rings is 1. The first-order chi connectivity index (χ1) is 10.1. The highest BCUT2D eigenvalue weighted by Crippen LogP contribution is 2.47. The summed E-state index contributed by atoms with van der Waals surface area (Å²) in [4.78, 5) is 2.49. The highest BCUT2D eigenvalue weighted by molar-refractivity contribution is 5.72. The van der Waals surface area contributed by atoms with Crippen molar-refractivity contribution in [2.24, 2.45) is 0 Å². The van der Waals surface area contributed by atoms with Crippen molar-refractivity contribution < 1.29 is 9.47 Å². The van der Waals surface area contributed by atoms with Gasteiger partial charge in [0.2, 0.25) is 0 Å². The molecule has 1 unspecified atom stereocenters. The van der Waals surface area contributed by atoms with Gasteiger partial charge in [0.25, 0.3) is 0 Å². The zero-order valence-electron chi connectivity index (χ0n) is 13.6. The van der Waals surface area contributed by atoms with Crippen molar-refractivity contribution in [1.82, 2.24) is 5.32 Å². The third-order valence-electron chi connectivity index (χ3n) is 4.52. The number of hydrogen-bond acceptors (Lipinski definition) is 4. The summed E-state index contributed by atoms with van der Waals surface area (Å²) in [6.07, 6.45) is 1.23. The highest BCUT2D eigenvalue weighted by Gasteiger charge is 2.31. The van der Waals surface area contributed by atoms with E-state index in [2.05, 4.69) is 31.0 Å². The summed E-state index contributed by atoms with van der Waals surface area (Å²) in [5.41, 5.74) is 5.29. The highest BCUT2D eigenvalue weighted by atomic mass is 16.5. The molecule has 4 heteroatoms. The van der Waals surface area contributed by atoms with Crippen molar-refractivity contribution in [2.75, 3.05) is 37.7 Å². The number of hydrogen-bond donors (Lipinski definition) is 1. The lowest BCUT2D eigenvalue weighted by Crippen LogP contribution is -2.44. The lowest BCUT2D eigenvalue weighted by atomic mass is 9.97. The van der Waals surface area contributed by atoms with Gasteiger partial charge >= 0.3 is 0 Å². The monoisotopic (exact) mass is 290 g/mol. The molecule has 1 aromatic rings. The van der Waals surface area contributed by atoms with Crippen molar-refractivity contribution in [3.63, 3.8) is 0 Å². The largest absolute Gasteiger partial charge is 0.490 e. The molecule has 0 amide bonds. The maximum absolute atomic E-state index is 6.04. The zero-order valence-corrected chi connectivity index (χ0v) is 13.6. The third-order valence-corrected chi connectivity index (χ3v) is 4.52. The van der Waals surface area contributed by atoms with Crippen LogP contribution in [0.5, 0.6) is 11.5 Å². The van der Waals surface area contributed by atoms with Crippen molar-refractivity contribution >= 4 is 5.69 Å². The van der Waals surface area contributed by atoms with Crippen LogP contribution in [0.2, 0.25) is 0 Å². The van der Waals surface area contributed by atoms with Crippen LogP contribution in [0.4, 0.5) is 5.69 Å². The maximum atomic E-state index is 6.04. The van der Waals surface area contributed by atoms with E-state index >= 15 is 0 Å². The van der Waals surface area contributed by atoms with Gasteiger partial charge in [-0.3, -0.25) is 0 Å². The van der Waals surface area contributed by atoms with Gasteiger partial charge < -0.3 is 19.7 Å². The van der Waals surface area contributed by atoms with Crippen LogP contribution in [0, 0.1) is 13.8 Å². The predicted molar refractivity (Wildman–Crippen MR) is 86.0 cm³/mol. The minimum Gasteiger partial charge on any atom is -0.490 e. The van der Waals surface area contributed by atoms with Crippen LogP contribution < -0.4 is 19.7 Å². The van der Waals surface area contributed by atoms with Gasteiger partial charge in [0, 0.05) is 49.4 Å². The summed E-state index contributed by atoms with van der Waals surface area (Å²) in [6, 6.07) is 0. The molecule has 0 spiro atoms. The fraction of sp³-hybridized carbons (Fsp3) is 0.647. The van der Waals surface area contributed by atoms with E-state index in [9.17, 15) is 0 Å². The van der Waals surface area contributed by atoms with Gasteiger partial charge in [-0.25, -0.2) is 0 Å². The molecule has 4 nitrogen and oxygen atoms in total. The average Bonchev–Trinajstić information content (AvgIpc) is 2.87. The third kappa shape index (κ3) is 2.46. The Kier molecular flexibility index (Phi) is 3.98. The number of fused-ring (bicyclic) bond motifs is 1. The molecule has 0 saturated carbocycles. The van der Waals surface area contributed by atoms with Crippen LogP contribution in [0.3, 0.4) is 0 Å². The lowest BCUT2D eigenvalue weighted by molar-refractivity contribution is 0.236. The molecule has 3 rings (SSSR count). The Morgan fingerprint density at radius 3 is 2.62 bits per heavy atom. The van der Waals surface area contributed by atoms with E-state index in [1.165, 1.54) is 22.4 Å². The van der Waals surface area contributed by atoms with Crippen molar-refractivity contribution in [2.45, 2.75) is 40.2 Å². The standard InChI is InChI=1S/C17H26N2O2/c1-5-20-16-13(4)15(19-8-6-18-7-9-19)12(3)14-10-11(2)21-17(14)16/h11,18H,5-10H2,1-4H3. The van der Waals surface area contributed by atoms with E-state index in [4.69, 9.17) is 9.47 Å². The number of anilines is 1. The Morgan fingerprint density at radius 2 is 1.95 bits per heavy atom. The second kappa shape index (κ2) is 5.76. The number of ether oxygens (including phenoxy) is 2. The SMILES string of the molecule is CCOc1c(C)c(N2CCNCC2)c(C)c2c1OC(C)C2. The molecule has 1 atom stereocenters. The summed E-state index contributed by atoms with van der Waals surface area (Å²) < 4.78 is 12.0. The second-order valence-corrected chi connectivity index (χ2v) is 6.04. The molecule has 0 aliphatic carbocycles. The molecule has 0 radical (unpaired) electrons. The van der Waals surface area contributed by atoms with Gasteiger partial charge in [-0.05, 0) is 33.3 Å². The van der Waals surface area contributed by atoms with Crippen LogP contribution >= 0.6 is 0 Å². The summed E-state index contributed by atoms with van der Waals surface area (Å²) >= 11 is 0. The van der Waals surface area contributed by atoms with Gasteiger partial charge in [-0.15, -0.1) is 0 Å². The molecule has 2 aliphatic rings. The molecule has 21 heavy (non-hydrogen) atoms. The normalized spacial score (nSPS) is 21.1. The van der Waals surface area contributed by atoms with Crippen molar-refractivity contribution in [3.05, 3.63) is 16.7 Å². The smallest absolute Gasteiger partial charge is 0.166 e. The topological polar surface area (TPSA) is 33.7 Å². The first-order valence-corrected chi connectivity index (χ1v) is 8.04. The van der Waals surface area contributed by atoms with Gasteiger partial charge in [0.05, 0.1) is 6.61 Å². The van der Waals surface area contributed by atoms with E-state index in [0.29, 0.717) is 6.61 Å². The fourth-order valence-corrected chi connectivity index (χ4v) is 3.59. The minimum atomic E-state index is 0.246. The van der Waals surface area contributed by atoms with Gasteiger partial charge in [0.1, 0.15) is 6.10 Å². The van der Waals surface area contributed by atoms with E-state index in [1.54, 1.807) is 0 Å². The van der Waals surface area contributed by atoms with Crippen LogP contribution in [0.15, 0.2) is 0 Å². The lowest BCUT2D eigenvalue weighted by Gasteiger charge is -2.33. The molecule has 0 bridgehead atoms. The summed E-state index contributed by atoms with van der Waals surface area (Å²) in [6.45, 7) is 13.5. The van der Waals surface area contributed by atoms with Gasteiger partial charge in [-0.1, -0.05) is 0 Å². The molecule has 1 fully saturated rings. The number of nitrogens with one attached hydrogen (secondary N) is 1. The van der Waals surface area contributed by atoms with E-state index in [1.807, 2.05) is 6.92 Å². The predicted octanol–water partition coefficient (Wildman–Crippen LogP) is 2.44. The molecule has 1 N–H and O–H groups in total. The first kappa shape index (κ1) is 14.5. The fourth-order valence-electron chi connectivity index (χ4n) is 3.59. The summed E-state index contributed by atoms with van der Waals surface area (Å²) in [5.74, 6) is 1.94. The average molecular weight is 290 g/mol. The number of rotatable bonds is 3. The molecule has 2 aliphatic heterocycles. The van der Waals surface area contributed by atoms with Gasteiger partial charge in [-0.2, -0.15) is 0 Å². The molecule has 1 aromatic carbocycles. The number of piperazine rings is 1. The summed E-state index contributed by atoms with van der Waals surface area (Å²) in [5, 5.41) is 3.42. The van der Waals surface area contributed by atoms with E-state index in [-0.39, 0.29) is 6.10 Å². The Labute approximate surface area is 127 Å². The molecular formula is C17H26N2O2. The Balaban J connectivity index is 2.11. The van der Waals surface area contributed by atoms with Crippen molar-refractivity contribution in [3.8, 4) is 11.5 Å². The van der Waals surface area contributed by atoms with Crippen LogP contribution in [-0.4, -0.2) is 38.9 Å². The maximum Gasteiger partial charge on any atom is 0.166 e. The van der Waals surface area contributed by atoms with E-state index < -0.39 is 0 Å². The Morgan fingerprint density at radius 1 is 1.24 bits per heavy atom.